The molecule has 156 valence electrons. The Morgan fingerprint density at radius 1 is 1.06 bits per heavy atom. The Morgan fingerprint density at radius 3 is 2.68 bits per heavy atom. The third-order valence-corrected chi connectivity index (χ3v) is 4.93. The normalized spacial score (nSPS) is 10.8. The number of hydrogen-bond donors (Lipinski definition) is 1. The van der Waals surface area contributed by atoms with Gasteiger partial charge < -0.3 is 10.1 Å². The monoisotopic (exact) mass is 454 g/mol. The molecule has 4 aromatic rings. The summed E-state index contributed by atoms with van der Waals surface area (Å²) in [4.78, 5) is 33.4. The van der Waals surface area contributed by atoms with Gasteiger partial charge in [0.1, 0.15) is 5.02 Å². The first-order chi connectivity index (χ1) is 15.0. The first kappa shape index (κ1) is 20.8. The second-order valence-electron chi connectivity index (χ2n) is 6.60. The lowest BCUT2D eigenvalue weighted by molar-refractivity contribution is -0.116. The van der Waals surface area contributed by atoms with E-state index in [4.69, 9.17) is 27.9 Å². The minimum Gasteiger partial charge on any atom is -0.435 e. The van der Waals surface area contributed by atoms with E-state index in [2.05, 4.69) is 15.3 Å². The van der Waals surface area contributed by atoms with Crippen LogP contribution in [0, 0.1) is 0 Å². The zero-order valence-corrected chi connectivity index (χ0v) is 17.6. The summed E-state index contributed by atoms with van der Waals surface area (Å²) in [5, 5.41) is 3.94. The van der Waals surface area contributed by atoms with Crippen LogP contribution < -0.4 is 15.6 Å². The first-order valence-electron chi connectivity index (χ1n) is 9.33. The maximum absolute atomic E-state index is 12.6. The van der Waals surface area contributed by atoms with Crippen LogP contribution in [0.5, 0.6) is 11.6 Å². The summed E-state index contributed by atoms with van der Waals surface area (Å²) >= 11 is 12.0. The van der Waals surface area contributed by atoms with E-state index in [1.165, 1.54) is 23.2 Å². The molecule has 0 saturated carbocycles. The summed E-state index contributed by atoms with van der Waals surface area (Å²) in [6.07, 6.45) is 2.94. The molecule has 2 aromatic heterocycles. The lowest BCUT2D eigenvalue weighted by Gasteiger charge is -2.13. The number of amides is 1. The third-order valence-electron chi connectivity index (χ3n) is 4.45. The van der Waals surface area contributed by atoms with E-state index in [1.807, 2.05) is 6.07 Å². The van der Waals surface area contributed by atoms with Gasteiger partial charge in [-0.25, -0.2) is 9.97 Å². The number of fused-ring (bicyclic) bond motifs is 1. The van der Waals surface area contributed by atoms with E-state index >= 15 is 0 Å². The Kier molecular flexibility index (Phi) is 6.16. The molecule has 0 spiro atoms. The summed E-state index contributed by atoms with van der Waals surface area (Å²) in [6, 6.07) is 15.5. The molecule has 7 nitrogen and oxygen atoms in total. The predicted molar refractivity (Wildman–Crippen MR) is 120 cm³/mol. The number of hydrogen-bond acceptors (Lipinski definition) is 5. The topological polar surface area (TPSA) is 86.1 Å². The van der Waals surface area contributed by atoms with E-state index in [-0.39, 0.29) is 35.3 Å². The second kappa shape index (κ2) is 9.16. The van der Waals surface area contributed by atoms with Gasteiger partial charge in [-0.1, -0.05) is 47.5 Å². The van der Waals surface area contributed by atoms with Crippen LogP contribution in [0.2, 0.25) is 10.0 Å². The Morgan fingerprint density at radius 2 is 1.84 bits per heavy atom. The van der Waals surface area contributed by atoms with Crippen LogP contribution in [0.4, 0.5) is 5.69 Å². The zero-order valence-electron chi connectivity index (χ0n) is 16.1. The van der Waals surface area contributed by atoms with E-state index in [9.17, 15) is 9.59 Å². The van der Waals surface area contributed by atoms with Crippen molar-refractivity contribution in [2.75, 3.05) is 5.32 Å². The average Bonchev–Trinajstić information content (AvgIpc) is 2.76. The molecular formula is C22H16Cl2N4O3. The maximum atomic E-state index is 12.6. The van der Waals surface area contributed by atoms with Crippen molar-refractivity contribution >= 4 is 45.7 Å². The van der Waals surface area contributed by atoms with Gasteiger partial charge in [0.15, 0.2) is 5.75 Å². The molecule has 0 aliphatic carbocycles. The molecule has 0 aliphatic heterocycles. The Hall–Kier alpha value is -3.42. The number of aryl methyl sites for hydroxylation is 1. The molecular weight excluding hydrogens is 439 g/mol. The Bertz CT molecular complexity index is 1320. The van der Waals surface area contributed by atoms with Crippen molar-refractivity contribution in [1.29, 1.82) is 0 Å². The second-order valence-corrected chi connectivity index (χ2v) is 7.44. The summed E-state index contributed by atoms with van der Waals surface area (Å²) < 4.78 is 7.16. The average molecular weight is 455 g/mol. The SMILES string of the molecule is O=C(CCn1cnc2ccccc2c1=O)Nc1ccccc1Oc1ncc(Cl)cc1Cl. The molecule has 2 heterocycles. The Labute approximate surface area is 187 Å². The van der Waals surface area contributed by atoms with Gasteiger partial charge in [0, 0.05) is 19.2 Å². The zero-order chi connectivity index (χ0) is 21.8. The minimum absolute atomic E-state index is 0.0776. The number of aromatic nitrogens is 3. The number of pyridine rings is 1. The van der Waals surface area contributed by atoms with Gasteiger partial charge >= 0.3 is 0 Å². The number of para-hydroxylation sites is 3. The van der Waals surface area contributed by atoms with Crippen molar-refractivity contribution in [3.05, 3.63) is 87.5 Å². The van der Waals surface area contributed by atoms with Gasteiger partial charge in [-0.15, -0.1) is 0 Å². The number of anilines is 1. The molecule has 0 unspecified atom stereocenters. The highest BCUT2D eigenvalue weighted by molar-refractivity contribution is 6.35. The molecule has 31 heavy (non-hydrogen) atoms. The molecule has 0 saturated heterocycles. The molecule has 1 amide bonds. The quantitative estimate of drug-likeness (QED) is 0.446. The van der Waals surface area contributed by atoms with Crippen LogP contribution in [0.15, 0.2) is 71.9 Å². The van der Waals surface area contributed by atoms with Crippen molar-refractivity contribution in [3.63, 3.8) is 0 Å². The van der Waals surface area contributed by atoms with Crippen LogP contribution in [0.3, 0.4) is 0 Å². The fourth-order valence-corrected chi connectivity index (χ4v) is 3.36. The van der Waals surface area contributed by atoms with Gasteiger partial charge in [0.25, 0.3) is 5.56 Å². The molecule has 2 aromatic carbocycles. The summed E-state index contributed by atoms with van der Waals surface area (Å²) in [6.45, 7) is 0.191. The number of carbonyl (C=O) groups excluding carboxylic acids is 1. The largest absolute Gasteiger partial charge is 0.435 e. The van der Waals surface area contributed by atoms with Crippen LogP contribution >= 0.6 is 23.2 Å². The number of nitrogens with one attached hydrogen (secondary N) is 1. The molecule has 0 bridgehead atoms. The fourth-order valence-electron chi connectivity index (χ4n) is 2.94. The highest BCUT2D eigenvalue weighted by Gasteiger charge is 2.12. The van der Waals surface area contributed by atoms with Crippen molar-refractivity contribution < 1.29 is 9.53 Å². The lowest BCUT2D eigenvalue weighted by atomic mass is 10.2. The summed E-state index contributed by atoms with van der Waals surface area (Å²) in [7, 11) is 0. The highest BCUT2D eigenvalue weighted by atomic mass is 35.5. The number of halogens is 2. The maximum Gasteiger partial charge on any atom is 0.261 e. The van der Waals surface area contributed by atoms with Gasteiger partial charge in [-0.3, -0.25) is 14.2 Å². The summed E-state index contributed by atoms with van der Waals surface area (Å²) in [5.41, 5.74) is 0.878. The first-order valence-corrected chi connectivity index (χ1v) is 10.1. The van der Waals surface area contributed by atoms with E-state index in [0.29, 0.717) is 27.4 Å². The standard InChI is InChI=1S/C22H16Cl2N4O3/c23-14-11-16(24)21(25-12-14)31-19-8-4-3-7-18(19)27-20(29)9-10-28-13-26-17-6-2-1-5-15(17)22(28)30/h1-8,11-13H,9-10H2,(H,27,29). The van der Waals surface area contributed by atoms with Crippen LogP contribution in [-0.2, 0) is 11.3 Å². The Balaban J connectivity index is 1.46. The predicted octanol–water partition coefficient (Wildman–Crippen LogP) is 4.92. The van der Waals surface area contributed by atoms with Gasteiger partial charge in [-0.2, -0.15) is 0 Å². The van der Waals surface area contributed by atoms with E-state index in [1.54, 1.807) is 42.5 Å². The fraction of sp³-hybridized carbons (Fsp3) is 0.0909. The molecule has 0 radical (unpaired) electrons. The smallest absolute Gasteiger partial charge is 0.261 e. The van der Waals surface area contributed by atoms with Gasteiger partial charge in [0.2, 0.25) is 11.8 Å². The molecule has 1 N–H and O–H groups in total. The lowest BCUT2D eigenvalue weighted by Crippen LogP contribution is -2.23. The van der Waals surface area contributed by atoms with Crippen molar-refractivity contribution in [2.45, 2.75) is 13.0 Å². The van der Waals surface area contributed by atoms with Crippen molar-refractivity contribution in [2.24, 2.45) is 0 Å². The van der Waals surface area contributed by atoms with Crippen LogP contribution in [-0.4, -0.2) is 20.4 Å². The van der Waals surface area contributed by atoms with Crippen molar-refractivity contribution in [1.82, 2.24) is 14.5 Å². The summed E-state index contributed by atoms with van der Waals surface area (Å²) in [5.74, 6) is 0.255. The molecule has 0 fully saturated rings. The molecule has 9 heteroatoms. The number of rotatable bonds is 6. The number of ether oxygens (including phenoxy) is 1. The van der Waals surface area contributed by atoms with E-state index < -0.39 is 0 Å². The molecule has 0 aliphatic rings. The van der Waals surface area contributed by atoms with Crippen LogP contribution in [0.25, 0.3) is 10.9 Å². The molecule has 4 rings (SSSR count). The van der Waals surface area contributed by atoms with E-state index in [0.717, 1.165) is 0 Å². The molecule has 0 atom stereocenters. The number of benzene rings is 2. The highest BCUT2D eigenvalue weighted by Crippen LogP contribution is 2.33. The van der Waals surface area contributed by atoms with Gasteiger partial charge in [0.05, 0.1) is 27.9 Å². The van der Waals surface area contributed by atoms with Crippen LogP contribution in [0.1, 0.15) is 6.42 Å². The van der Waals surface area contributed by atoms with Crippen molar-refractivity contribution in [3.8, 4) is 11.6 Å². The number of nitrogens with zero attached hydrogens (tertiary/aromatic N) is 3. The number of carbonyl (C=O) groups is 1. The third kappa shape index (κ3) is 4.84. The minimum atomic E-state index is -0.286. The van der Waals surface area contributed by atoms with Gasteiger partial charge in [-0.05, 0) is 30.3 Å².